The number of hydrogen-bond acceptors (Lipinski definition) is 3. The number of pyridine rings is 1. The first-order chi connectivity index (χ1) is 11.1. The van der Waals surface area contributed by atoms with Gasteiger partial charge in [0.05, 0.1) is 23.4 Å². The molecule has 1 aromatic heterocycles. The van der Waals surface area contributed by atoms with E-state index in [1.165, 1.54) is 5.56 Å². The molecule has 2 aromatic carbocycles. The minimum atomic E-state index is -0.365. The van der Waals surface area contributed by atoms with Crippen molar-refractivity contribution in [3.05, 3.63) is 64.7 Å². The van der Waals surface area contributed by atoms with Gasteiger partial charge in [0.15, 0.2) is 0 Å². The summed E-state index contributed by atoms with van der Waals surface area (Å²) in [5.74, 6) is -0.365. The van der Waals surface area contributed by atoms with Gasteiger partial charge in [0.1, 0.15) is 0 Å². The van der Waals surface area contributed by atoms with Gasteiger partial charge < -0.3 is 4.74 Å². The van der Waals surface area contributed by atoms with Gasteiger partial charge in [-0.05, 0) is 38.1 Å². The number of carbonyl (C=O) groups excluding carboxylic acids is 1. The molecule has 0 aliphatic rings. The SMILES string of the molecule is CCOC(=O)c1cc(-c2ccc(C)cc2)nc2ccc(Cl)cc12. The summed E-state index contributed by atoms with van der Waals surface area (Å²) in [6.45, 7) is 4.14. The molecule has 116 valence electrons. The smallest absolute Gasteiger partial charge is 0.338 e. The molecule has 3 nitrogen and oxygen atoms in total. The van der Waals surface area contributed by atoms with Gasteiger partial charge in [0.25, 0.3) is 0 Å². The van der Waals surface area contributed by atoms with E-state index in [-0.39, 0.29) is 5.97 Å². The van der Waals surface area contributed by atoms with Crippen LogP contribution in [0.2, 0.25) is 5.02 Å². The Balaban J connectivity index is 2.22. The molecule has 3 rings (SSSR count). The molecule has 3 aromatic rings. The highest BCUT2D eigenvalue weighted by Crippen LogP contribution is 2.27. The van der Waals surface area contributed by atoms with Gasteiger partial charge in [0.2, 0.25) is 0 Å². The van der Waals surface area contributed by atoms with Crippen molar-refractivity contribution in [1.29, 1.82) is 0 Å². The quantitative estimate of drug-likeness (QED) is 0.633. The van der Waals surface area contributed by atoms with Crippen LogP contribution in [0, 0.1) is 6.92 Å². The maximum atomic E-state index is 12.3. The molecule has 0 amide bonds. The maximum Gasteiger partial charge on any atom is 0.338 e. The Morgan fingerprint density at radius 1 is 1.13 bits per heavy atom. The van der Waals surface area contributed by atoms with Crippen molar-refractivity contribution in [1.82, 2.24) is 4.98 Å². The highest BCUT2D eigenvalue weighted by atomic mass is 35.5. The van der Waals surface area contributed by atoms with Crippen LogP contribution in [0.15, 0.2) is 48.5 Å². The Hall–Kier alpha value is -2.39. The lowest BCUT2D eigenvalue weighted by Gasteiger charge is -2.10. The van der Waals surface area contributed by atoms with Crippen LogP contribution in [0.5, 0.6) is 0 Å². The zero-order chi connectivity index (χ0) is 16.4. The molecule has 4 heteroatoms. The molecule has 23 heavy (non-hydrogen) atoms. The predicted molar refractivity (Wildman–Crippen MR) is 92.9 cm³/mol. The number of fused-ring (bicyclic) bond motifs is 1. The summed E-state index contributed by atoms with van der Waals surface area (Å²) in [5, 5.41) is 1.26. The van der Waals surface area contributed by atoms with E-state index in [4.69, 9.17) is 16.3 Å². The van der Waals surface area contributed by atoms with Crippen molar-refractivity contribution in [2.24, 2.45) is 0 Å². The minimum Gasteiger partial charge on any atom is -0.462 e. The fraction of sp³-hybridized carbons (Fsp3) is 0.158. The zero-order valence-electron chi connectivity index (χ0n) is 13.0. The summed E-state index contributed by atoms with van der Waals surface area (Å²) in [7, 11) is 0. The van der Waals surface area contributed by atoms with Crippen molar-refractivity contribution < 1.29 is 9.53 Å². The van der Waals surface area contributed by atoms with Gasteiger partial charge >= 0.3 is 5.97 Å². The monoisotopic (exact) mass is 325 g/mol. The summed E-state index contributed by atoms with van der Waals surface area (Å²) in [6.07, 6.45) is 0. The van der Waals surface area contributed by atoms with E-state index < -0.39 is 0 Å². The molecule has 0 aliphatic carbocycles. The van der Waals surface area contributed by atoms with Gasteiger partial charge in [-0.2, -0.15) is 0 Å². The highest BCUT2D eigenvalue weighted by molar-refractivity contribution is 6.31. The molecule has 0 bridgehead atoms. The lowest BCUT2D eigenvalue weighted by molar-refractivity contribution is 0.0528. The molecule has 0 saturated carbocycles. The average molecular weight is 326 g/mol. The number of carbonyl (C=O) groups is 1. The maximum absolute atomic E-state index is 12.3. The van der Waals surface area contributed by atoms with Crippen molar-refractivity contribution in [2.45, 2.75) is 13.8 Å². The van der Waals surface area contributed by atoms with E-state index in [9.17, 15) is 4.79 Å². The summed E-state index contributed by atoms with van der Waals surface area (Å²) < 4.78 is 5.18. The van der Waals surface area contributed by atoms with E-state index in [1.807, 2.05) is 37.3 Å². The largest absolute Gasteiger partial charge is 0.462 e. The Bertz CT molecular complexity index is 872. The standard InChI is InChI=1S/C19H16ClNO2/c1-3-23-19(22)16-11-18(13-6-4-12(2)5-7-13)21-17-9-8-14(20)10-15(16)17/h4-11H,3H2,1-2H3. The second-order valence-corrected chi connectivity index (χ2v) is 5.74. The summed E-state index contributed by atoms with van der Waals surface area (Å²) in [6, 6.07) is 15.1. The molecule has 0 atom stereocenters. The second kappa shape index (κ2) is 6.39. The third-order valence-corrected chi connectivity index (χ3v) is 3.85. The number of rotatable bonds is 3. The predicted octanol–water partition coefficient (Wildman–Crippen LogP) is 5.04. The van der Waals surface area contributed by atoms with E-state index in [0.29, 0.717) is 22.6 Å². The normalized spacial score (nSPS) is 10.7. The van der Waals surface area contributed by atoms with Gasteiger partial charge in [-0.1, -0.05) is 41.4 Å². The number of ether oxygens (including phenoxy) is 1. The van der Waals surface area contributed by atoms with Crippen LogP contribution in [0.4, 0.5) is 0 Å². The van der Waals surface area contributed by atoms with E-state index in [0.717, 1.165) is 16.8 Å². The highest BCUT2D eigenvalue weighted by Gasteiger charge is 2.15. The Kier molecular flexibility index (Phi) is 4.30. The lowest BCUT2D eigenvalue weighted by atomic mass is 10.0. The van der Waals surface area contributed by atoms with Crippen LogP contribution in [-0.4, -0.2) is 17.6 Å². The van der Waals surface area contributed by atoms with Gasteiger partial charge in [-0.3, -0.25) is 0 Å². The van der Waals surface area contributed by atoms with Crippen LogP contribution in [0.3, 0.4) is 0 Å². The number of nitrogens with zero attached hydrogens (tertiary/aromatic N) is 1. The van der Waals surface area contributed by atoms with E-state index >= 15 is 0 Å². The van der Waals surface area contributed by atoms with Gasteiger partial charge in [-0.15, -0.1) is 0 Å². The molecule has 0 unspecified atom stereocenters. The number of hydrogen-bond donors (Lipinski definition) is 0. The molecule has 0 saturated heterocycles. The average Bonchev–Trinajstić information content (AvgIpc) is 2.55. The minimum absolute atomic E-state index is 0.323. The fourth-order valence-electron chi connectivity index (χ4n) is 2.45. The summed E-state index contributed by atoms with van der Waals surface area (Å²) in [4.78, 5) is 17.0. The molecule has 0 aliphatic heterocycles. The lowest BCUT2D eigenvalue weighted by Crippen LogP contribution is -2.06. The van der Waals surface area contributed by atoms with Crippen LogP contribution in [0.1, 0.15) is 22.8 Å². The van der Waals surface area contributed by atoms with E-state index in [2.05, 4.69) is 4.98 Å². The fourth-order valence-corrected chi connectivity index (χ4v) is 2.62. The van der Waals surface area contributed by atoms with Crippen LogP contribution in [-0.2, 0) is 4.74 Å². The molecule has 0 radical (unpaired) electrons. The Morgan fingerprint density at radius 3 is 2.57 bits per heavy atom. The van der Waals surface area contributed by atoms with Crippen LogP contribution in [0.25, 0.3) is 22.2 Å². The molecular formula is C19H16ClNO2. The van der Waals surface area contributed by atoms with Crippen LogP contribution >= 0.6 is 11.6 Å². The molecule has 0 spiro atoms. The molecule has 1 heterocycles. The molecule has 0 N–H and O–H groups in total. The Labute approximate surface area is 139 Å². The first kappa shape index (κ1) is 15.5. The van der Waals surface area contributed by atoms with Crippen molar-refractivity contribution in [3.63, 3.8) is 0 Å². The van der Waals surface area contributed by atoms with Gasteiger partial charge in [0, 0.05) is 16.0 Å². The van der Waals surface area contributed by atoms with Crippen molar-refractivity contribution in [2.75, 3.05) is 6.61 Å². The van der Waals surface area contributed by atoms with Gasteiger partial charge in [-0.25, -0.2) is 9.78 Å². The zero-order valence-corrected chi connectivity index (χ0v) is 13.7. The number of aromatic nitrogens is 1. The van der Waals surface area contributed by atoms with Crippen molar-refractivity contribution >= 4 is 28.5 Å². The summed E-state index contributed by atoms with van der Waals surface area (Å²) in [5.41, 5.74) is 4.07. The second-order valence-electron chi connectivity index (χ2n) is 5.30. The van der Waals surface area contributed by atoms with Crippen LogP contribution < -0.4 is 0 Å². The number of aryl methyl sites for hydroxylation is 1. The molecule has 0 fully saturated rings. The molecular weight excluding hydrogens is 310 g/mol. The van der Waals surface area contributed by atoms with Crippen molar-refractivity contribution in [3.8, 4) is 11.3 Å². The first-order valence-electron chi connectivity index (χ1n) is 7.43. The first-order valence-corrected chi connectivity index (χ1v) is 7.80. The third kappa shape index (κ3) is 3.20. The van der Waals surface area contributed by atoms with E-state index in [1.54, 1.807) is 25.1 Å². The number of benzene rings is 2. The number of esters is 1. The number of halogens is 1. The topological polar surface area (TPSA) is 39.2 Å². The third-order valence-electron chi connectivity index (χ3n) is 3.61. The summed E-state index contributed by atoms with van der Waals surface area (Å²) >= 11 is 6.07. The Morgan fingerprint density at radius 2 is 1.87 bits per heavy atom.